The Morgan fingerprint density at radius 3 is 2.05 bits per heavy atom. The first-order chi connectivity index (χ1) is 30.9. The van der Waals surface area contributed by atoms with Crippen LogP contribution in [0.5, 0.6) is 5.75 Å². The van der Waals surface area contributed by atoms with Gasteiger partial charge >= 0.3 is 18.0 Å². The van der Waals surface area contributed by atoms with Crippen LogP contribution in [0.3, 0.4) is 0 Å². The second-order valence-corrected chi connectivity index (χ2v) is 15.2. The summed E-state index contributed by atoms with van der Waals surface area (Å²) in [4.78, 5) is 93.5. The Hall–Kier alpha value is -8.59. The summed E-state index contributed by atoms with van der Waals surface area (Å²) >= 11 is 0. The molecule has 0 atom stereocenters. The molecule has 2 aliphatic carbocycles. The maximum atomic E-state index is 13.4. The van der Waals surface area contributed by atoms with Gasteiger partial charge in [-0.3, -0.25) is 19.2 Å². The SMILES string of the molecule is O=C(NCc1ccc(C(=O)NCc2c(O)ccc3c(-c4ccc(C(=O)ON5C(=O)CCC5=O)cc4C(=O)O)c4ccc(=O)cc-4oc23)cc1)OCC1c2ccccc2-c2ccccc21. The second-order valence-electron chi connectivity index (χ2n) is 15.2. The number of nitrogens with zero attached hydrogens (tertiary/aromatic N) is 1. The van der Waals surface area contributed by atoms with Crippen molar-refractivity contribution in [1.29, 1.82) is 0 Å². The number of benzene rings is 6. The molecule has 0 unspecified atom stereocenters. The molecule has 5 aromatic rings. The average molecular weight is 858 g/mol. The molecule has 0 saturated carbocycles. The monoisotopic (exact) mass is 857 g/mol. The fourth-order valence-corrected chi connectivity index (χ4v) is 8.17. The van der Waals surface area contributed by atoms with Crippen LogP contribution in [0, 0.1) is 0 Å². The van der Waals surface area contributed by atoms with Crippen LogP contribution in [0.1, 0.15) is 72.1 Å². The maximum absolute atomic E-state index is 13.4. The van der Waals surface area contributed by atoms with Crippen molar-refractivity contribution in [3.8, 4) is 39.3 Å². The summed E-state index contributed by atoms with van der Waals surface area (Å²) < 4.78 is 11.8. The summed E-state index contributed by atoms with van der Waals surface area (Å²) in [6.07, 6.45) is -0.841. The molecule has 5 aromatic carbocycles. The van der Waals surface area contributed by atoms with E-state index in [1.54, 1.807) is 24.3 Å². The number of carboxylic acids is 1. The molecule has 0 radical (unpaired) electrons. The number of nitrogens with one attached hydrogen (secondary N) is 2. The van der Waals surface area contributed by atoms with E-state index in [-0.39, 0.29) is 88.9 Å². The van der Waals surface area contributed by atoms with E-state index < -0.39 is 41.2 Å². The van der Waals surface area contributed by atoms with Crippen molar-refractivity contribution in [3.63, 3.8) is 0 Å². The fourth-order valence-electron chi connectivity index (χ4n) is 8.17. The van der Waals surface area contributed by atoms with Crippen LogP contribution in [0.4, 0.5) is 4.79 Å². The molecule has 318 valence electrons. The van der Waals surface area contributed by atoms with Gasteiger partial charge < -0.3 is 34.8 Å². The van der Waals surface area contributed by atoms with Gasteiger partial charge in [0.05, 0.1) is 23.2 Å². The zero-order chi connectivity index (χ0) is 44.6. The van der Waals surface area contributed by atoms with E-state index in [0.29, 0.717) is 21.6 Å². The number of phenols is 1. The third kappa shape index (κ3) is 7.66. The van der Waals surface area contributed by atoms with Crippen LogP contribution in [0.2, 0.25) is 0 Å². The standard InChI is InChI=1S/C49H35N3O12/c53-29-14-16-35-41(22-29)63-45-36(44(35)34-15-13-28(21-37(34)47(58)59)48(60)64-52-42(55)19-20-43(52)56)17-18-40(54)38(45)24-50-46(57)27-11-9-26(10-12-27)23-51-49(61)62-25-39-32-7-3-1-5-30(32)31-6-2-4-8-33(31)39/h1-18,21-22,39,54H,19-20,23-25H2,(H,50,57)(H,51,61)(H,58,59). The molecule has 0 aromatic heterocycles. The van der Waals surface area contributed by atoms with Gasteiger partial charge in [0.25, 0.3) is 17.7 Å². The number of ether oxygens (including phenoxy) is 1. The highest BCUT2D eigenvalue weighted by atomic mass is 16.7. The van der Waals surface area contributed by atoms with Gasteiger partial charge in [-0.2, -0.15) is 0 Å². The number of carboxylic acid groups (broad SMARTS) is 1. The number of amides is 4. The van der Waals surface area contributed by atoms with E-state index in [1.807, 2.05) is 36.4 Å². The van der Waals surface area contributed by atoms with Gasteiger partial charge in [0.1, 0.15) is 23.7 Å². The van der Waals surface area contributed by atoms with Crippen LogP contribution >= 0.6 is 0 Å². The Balaban J connectivity index is 0.913. The minimum absolute atomic E-state index is 0.0361. The highest BCUT2D eigenvalue weighted by molar-refractivity contribution is 6.10. The maximum Gasteiger partial charge on any atom is 0.407 e. The summed E-state index contributed by atoms with van der Waals surface area (Å²) in [6.45, 7) is 0.0460. The van der Waals surface area contributed by atoms with Crippen molar-refractivity contribution >= 4 is 46.7 Å². The van der Waals surface area contributed by atoms with E-state index in [2.05, 4.69) is 22.8 Å². The van der Waals surface area contributed by atoms with E-state index >= 15 is 0 Å². The minimum Gasteiger partial charge on any atom is -0.507 e. The molecular formula is C49H35N3O12. The number of hydroxylamine groups is 2. The first kappa shape index (κ1) is 40.8. The fraction of sp³-hybridized carbons (Fsp3) is 0.122. The van der Waals surface area contributed by atoms with Gasteiger partial charge in [-0.05, 0) is 81.9 Å². The lowest BCUT2D eigenvalue weighted by molar-refractivity contribution is -0.172. The highest BCUT2D eigenvalue weighted by Crippen LogP contribution is 2.45. The van der Waals surface area contributed by atoms with Crippen molar-refractivity contribution < 1.29 is 53.0 Å². The lowest BCUT2D eigenvalue weighted by Crippen LogP contribution is -2.32. The largest absolute Gasteiger partial charge is 0.507 e. The first-order valence-corrected chi connectivity index (χ1v) is 20.1. The molecule has 1 fully saturated rings. The summed E-state index contributed by atoms with van der Waals surface area (Å²) in [6, 6.07) is 33.0. The predicted octanol–water partition coefficient (Wildman–Crippen LogP) is 7.16. The van der Waals surface area contributed by atoms with Crippen LogP contribution in [-0.4, -0.2) is 57.6 Å². The molecule has 1 saturated heterocycles. The van der Waals surface area contributed by atoms with Gasteiger partial charge in [-0.25, -0.2) is 14.4 Å². The smallest absolute Gasteiger partial charge is 0.407 e. The van der Waals surface area contributed by atoms with Gasteiger partial charge in [-0.1, -0.05) is 66.7 Å². The molecule has 64 heavy (non-hydrogen) atoms. The lowest BCUT2D eigenvalue weighted by atomic mass is 9.89. The molecular weight excluding hydrogens is 823 g/mol. The van der Waals surface area contributed by atoms with Crippen LogP contribution in [0.15, 0.2) is 131 Å². The molecule has 4 amide bonds. The van der Waals surface area contributed by atoms with Crippen LogP contribution in [0.25, 0.3) is 44.5 Å². The van der Waals surface area contributed by atoms with Gasteiger partial charge in [0.2, 0.25) is 0 Å². The Labute approximate surface area is 362 Å². The van der Waals surface area contributed by atoms with Crippen molar-refractivity contribution in [2.24, 2.45) is 0 Å². The molecule has 4 N–H and O–H groups in total. The molecule has 9 rings (SSSR count). The lowest BCUT2D eigenvalue weighted by Gasteiger charge is -2.19. The van der Waals surface area contributed by atoms with Gasteiger partial charge in [0.15, 0.2) is 5.43 Å². The Kier molecular flexibility index (Phi) is 10.6. The minimum atomic E-state index is -1.44. The quantitative estimate of drug-likeness (QED) is 0.0753. The van der Waals surface area contributed by atoms with Crippen molar-refractivity contribution in [3.05, 3.63) is 170 Å². The van der Waals surface area contributed by atoms with Crippen LogP contribution < -0.4 is 16.1 Å². The summed E-state index contributed by atoms with van der Waals surface area (Å²) in [7, 11) is 0. The normalized spacial score (nSPS) is 13.2. The highest BCUT2D eigenvalue weighted by Gasteiger charge is 2.34. The number of alkyl carbamates (subject to hydrolysis) is 1. The Morgan fingerprint density at radius 1 is 0.703 bits per heavy atom. The average Bonchev–Trinajstić information content (AvgIpc) is 3.80. The summed E-state index contributed by atoms with van der Waals surface area (Å²) in [5, 5.41) is 27.6. The molecule has 15 heteroatoms. The van der Waals surface area contributed by atoms with E-state index in [0.717, 1.165) is 28.3 Å². The number of phenolic OH excluding ortho intramolecular Hbond substituents is 1. The zero-order valence-corrected chi connectivity index (χ0v) is 33.6. The van der Waals surface area contributed by atoms with Crippen molar-refractivity contribution in [2.45, 2.75) is 31.8 Å². The third-order valence-electron chi connectivity index (χ3n) is 11.3. The van der Waals surface area contributed by atoms with Crippen molar-refractivity contribution in [1.82, 2.24) is 15.7 Å². The van der Waals surface area contributed by atoms with E-state index in [1.165, 1.54) is 42.5 Å². The molecule has 0 spiro atoms. The number of imide groups is 1. The second kappa shape index (κ2) is 16.7. The number of hydrogen-bond acceptors (Lipinski definition) is 11. The number of aromatic hydroxyl groups is 1. The van der Waals surface area contributed by atoms with Crippen LogP contribution in [-0.2, 0) is 32.3 Å². The van der Waals surface area contributed by atoms with Gasteiger partial charge in [0, 0.05) is 53.4 Å². The Morgan fingerprint density at radius 2 is 1.36 bits per heavy atom. The Bertz CT molecular complexity index is 3060. The first-order valence-electron chi connectivity index (χ1n) is 20.1. The molecule has 0 bridgehead atoms. The number of fused-ring (bicyclic) bond motifs is 5. The summed E-state index contributed by atoms with van der Waals surface area (Å²) in [5.74, 6) is -4.80. The summed E-state index contributed by atoms with van der Waals surface area (Å²) in [5.41, 5.74) is 5.22. The topological polar surface area (TPSA) is 219 Å². The molecule has 15 nitrogen and oxygen atoms in total. The van der Waals surface area contributed by atoms with E-state index in [4.69, 9.17) is 14.0 Å². The van der Waals surface area contributed by atoms with E-state index in [9.17, 15) is 43.8 Å². The molecule has 2 heterocycles. The third-order valence-corrected chi connectivity index (χ3v) is 11.3. The van der Waals surface area contributed by atoms with Gasteiger partial charge in [-0.15, -0.1) is 5.06 Å². The molecule has 2 aliphatic heterocycles. The number of carbonyl (C=O) groups is 6. The number of rotatable bonds is 11. The number of carbonyl (C=O) groups excluding carboxylic acids is 5. The predicted molar refractivity (Wildman–Crippen MR) is 229 cm³/mol. The zero-order valence-electron chi connectivity index (χ0n) is 33.6. The number of hydrogen-bond donors (Lipinski definition) is 4. The van der Waals surface area contributed by atoms with Crippen molar-refractivity contribution in [2.75, 3.05) is 6.61 Å². The number of aromatic carboxylic acids is 1. The molecule has 4 aliphatic rings.